The number of amides is 3. The maximum absolute atomic E-state index is 12.4. The molecule has 26 heavy (non-hydrogen) atoms. The van der Waals surface area contributed by atoms with Crippen LogP contribution in [-0.2, 0) is 16.0 Å². The second kappa shape index (κ2) is 8.70. The first-order valence-electron chi connectivity index (χ1n) is 7.96. The zero-order valence-electron chi connectivity index (χ0n) is 14.8. The van der Waals surface area contributed by atoms with Gasteiger partial charge in [-0.15, -0.1) is 0 Å². The number of aryl methyl sites for hydroxylation is 2. The van der Waals surface area contributed by atoms with Gasteiger partial charge in [-0.25, -0.2) is 4.79 Å². The van der Waals surface area contributed by atoms with Gasteiger partial charge in [-0.3, -0.25) is 20.4 Å². The number of carbonyl (C=O) groups excluding carboxylic acids is 3. The summed E-state index contributed by atoms with van der Waals surface area (Å²) >= 11 is 0. The van der Waals surface area contributed by atoms with Crippen LogP contribution in [-0.4, -0.2) is 31.1 Å². The number of nitrogens with one attached hydrogen (secondary N) is 3. The second-order valence-electron chi connectivity index (χ2n) is 5.65. The number of hydrogen-bond acceptors (Lipinski definition) is 5. The van der Waals surface area contributed by atoms with Crippen molar-refractivity contribution in [1.29, 1.82) is 0 Å². The molecule has 3 N–H and O–H groups in total. The monoisotopic (exact) mass is 359 g/mol. The van der Waals surface area contributed by atoms with Gasteiger partial charge >= 0.3 is 6.09 Å². The Morgan fingerprint density at radius 1 is 1.12 bits per heavy atom. The van der Waals surface area contributed by atoms with Crippen LogP contribution >= 0.6 is 0 Å². The lowest BCUT2D eigenvalue weighted by atomic mass is 10.1. The fourth-order valence-corrected chi connectivity index (χ4v) is 2.39. The molecule has 2 aromatic rings. The highest BCUT2D eigenvalue weighted by atomic mass is 16.5. The van der Waals surface area contributed by atoms with E-state index in [9.17, 15) is 14.4 Å². The standard InChI is InChI=1S/C18H21N3O5/c1-11-9-14(12(2)26-11)16(22)20-21-17(23)15(19-18(24)25-3)10-13-7-5-4-6-8-13/h4-9,15H,10H2,1-3H3,(H,19,24)(H,20,22)(H,21,23). The van der Waals surface area contributed by atoms with E-state index < -0.39 is 23.9 Å². The number of hydrogen-bond donors (Lipinski definition) is 3. The van der Waals surface area contributed by atoms with Gasteiger partial charge in [0.25, 0.3) is 11.8 Å². The van der Waals surface area contributed by atoms with E-state index in [1.165, 1.54) is 7.11 Å². The lowest BCUT2D eigenvalue weighted by molar-refractivity contribution is -0.123. The third kappa shape index (κ3) is 5.10. The number of furan rings is 1. The summed E-state index contributed by atoms with van der Waals surface area (Å²) in [7, 11) is 1.21. The predicted octanol–water partition coefficient (Wildman–Crippen LogP) is 1.62. The summed E-state index contributed by atoms with van der Waals surface area (Å²) in [6.07, 6.45) is -0.504. The van der Waals surface area contributed by atoms with Crippen LogP contribution in [0.1, 0.15) is 27.4 Å². The van der Waals surface area contributed by atoms with E-state index in [1.54, 1.807) is 19.9 Å². The Hall–Kier alpha value is -3.29. The molecule has 2 rings (SSSR count). The van der Waals surface area contributed by atoms with Gasteiger partial charge in [-0.05, 0) is 25.5 Å². The summed E-state index contributed by atoms with van der Waals surface area (Å²) in [5, 5.41) is 2.45. The number of hydrazine groups is 1. The van der Waals surface area contributed by atoms with Gasteiger partial charge in [-0.2, -0.15) is 0 Å². The van der Waals surface area contributed by atoms with Crippen LogP contribution in [0.5, 0.6) is 0 Å². The van der Waals surface area contributed by atoms with Crippen LogP contribution in [0, 0.1) is 13.8 Å². The zero-order chi connectivity index (χ0) is 19.1. The van der Waals surface area contributed by atoms with Gasteiger partial charge in [0.05, 0.1) is 12.7 Å². The maximum Gasteiger partial charge on any atom is 0.407 e. The van der Waals surface area contributed by atoms with Gasteiger partial charge in [0.15, 0.2) is 0 Å². The molecule has 8 heteroatoms. The smallest absolute Gasteiger partial charge is 0.407 e. The molecule has 0 bridgehead atoms. The van der Waals surface area contributed by atoms with Crippen molar-refractivity contribution in [1.82, 2.24) is 16.2 Å². The number of ether oxygens (including phenoxy) is 1. The first-order chi connectivity index (χ1) is 12.4. The number of benzene rings is 1. The third-order valence-electron chi connectivity index (χ3n) is 3.66. The summed E-state index contributed by atoms with van der Waals surface area (Å²) in [5.74, 6) is -0.0502. The molecule has 3 amide bonds. The molecule has 0 aliphatic rings. The molecule has 1 aromatic carbocycles. The normalized spacial score (nSPS) is 11.3. The van der Waals surface area contributed by atoms with E-state index in [0.29, 0.717) is 17.1 Å². The summed E-state index contributed by atoms with van der Waals surface area (Å²) in [4.78, 5) is 36.1. The molecule has 0 saturated heterocycles. The second-order valence-corrected chi connectivity index (χ2v) is 5.65. The van der Waals surface area contributed by atoms with Crippen molar-refractivity contribution in [2.24, 2.45) is 0 Å². The molecule has 138 valence electrons. The van der Waals surface area contributed by atoms with Crippen molar-refractivity contribution in [3.8, 4) is 0 Å². The van der Waals surface area contributed by atoms with Gasteiger partial charge in [-0.1, -0.05) is 30.3 Å². The molecule has 0 radical (unpaired) electrons. The maximum atomic E-state index is 12.4. The molecule has 1 heterocycles. The lowest BCUT2D eigenvalue weighted by Gasteiger charge is -2.18. The van der Waals surface area contributed by atoms with Crippen LogP contribution < -0.4 is 16.2 Å². The molecule has 0 aliphatic heterocycles. The summed E-state index contributed by atoms with van der Waals surface area (Å²) in [5.41, 5.74) is 5.80. The highest BCUT2D eigenvalue weighted by molar-refractivity contribution is 5.97. The van der Waals surface area contributed by atoms with Crippen molar-refractivity contribution in [3.05, 3.63) is 59.0 Å². The minimum atomic E-state index is -0.919. The Balaban J connectivity index is 2.02. The van der Waals surface area contributed by atoms with Crippen LogP contribution in [0.25, 0.3) is 0 Å². The van der Waals surface area contributed by atoms with E-state index in [2.05, 4.69) is 20.9 Å². The average Bonchev–Trinajstić information content (AvgIpc) is 2.97. The van der Waals surface area contributed by atoms with E-state index >= 15 is 0 Å². The van der Waals surface area contributed by atoms with Gasteiger partial charge in [0, 0.05) is 6.42 Å². The summed E-state index contributed by atoms with van der Waals surface area (Å²) < 4.78 is 9.84. The number of methoxy groups -OCH3 is 1. The van der Waals surface area contributed by atoms with E-state index in [-0.39, 0.29) is 6.42 Å². The van der Waals surface area contributed by atoms with Gasteiger partial charge in [0.1, 0.15) is 17.6 Å². The molecular formula is C18H21N3O5. The molecule has 1 unspecified atom stereocenters. The van der Waals surface area contributed by atoms with Gasteiger partial charge < -0.3 is 14.5 Å². The van der Waals surface area contributed by atoms with Crippen LogP contribution in [0.15, 0.2) is 40.8 Å². The third-order valence-corrected chi connectivity index (χ3v) is 3.66. The Labute approximate surface area is 150 Å². The SMILES string of the molecule is COC(=O)NC(Cc1ccccc1)C(=O)NNC(=O)c1cc(C)oc1C. The van der Waals surface area contributed by atoms with Crippen LogP contribution in [0.4, 0.5) is 4.79 Å². The average molecular weight is 359 g/mol. The predicted molar refractivity (Wildman–Crippen MR) is 93.3 cm³/mol. The van der Waals surface area contributed by atoms with E-state index in [4.69, 9.17) is 4.42 Å². The Morgan fingerprint density at radius 3 is 2.38 bits per heavy atom. The number of carbonyl (C=O) groups is 3. The first-order valence-corrected chi connectivity index (χ1v) is 7.96. The first kappa shape index (κ1) is 19.0. The fourth-order valence-electron chi connectivity index (χ4n) is 2.39. The Bertz CT molecular complexity index is 785. The number of alkyl carbamates (subject to hydrolysis) is 1. The Kier molecular flexibility index (Phi) is 6.37. The molecule has 1 atom stereocenters. The minimum Gasteiger partial charge on any atom is -0.466 e. The quantitative estimate of drug-likeness (QED) is 0.703. The largest absolute Gasteiger partial charge is 0.466 e. The highest BCUT2D eigenvalue weighted by Gasteiger charge is 2.23. The van der Waals surface area contributed by atoms with E-state index in [0.717, 1.165) is 5.56 Å². The molecule has 1 aromatic heterocycles. The van der Waals surface area contributed by atoms with Crippen molar-refractivity contribution >= 4 is 17.9 Å². The fraction of sp³-hybridized carbons (Fsp3) is 0.278. The Morgan fingerprint density at radius 2 is 1.81 bits per heavy atom. The summed E-state index contributed by atoms with van der Waals surface area (Å²) in [6, 6.07) is 9.82. The van der Waals surface area contributed by atoms with Crippen LogP contribution in [0.2, 0.25) is 0 Å². The molecule has 0 spiro atoms. The molecule has 0 saturated carbocycles. The number of rotatable bonds is 5. The van der Waals surface area contributed by atoms with Crippen molar-refractivity contribution in [2.45, 2.75) is 26.3 Å². The minimum absolute atomic E-state index is 0.238. The van der Waals surface area contributed by atoms with Crippen molar-refractivity contribution < 1.29 is 23.5 Å². The van der Waals surface area contributed by atoms with Crippen molar-refractivity contribution in [2.75, 3.05) is 7.11 Å². The molecule has 8 nitrogen and oxygen atoms in total. The van der Waals surface area contributed by atoms with Crippen molar-refractivity contribution in [3.63, 3.8) is 0 Å². The van der Waals surface area contributed by atoms with Gasteiger partial charge in [0.2, 0.25) is 0 Å². The molecular weight excluding hydrogens is 338 g/mol. The highest BCUT2D eigenvalue weighted by Crippen LogP contribution is 2.13. The summed E-state index contributed by atoms with van der Waals surface area (Å²) in [6.45, 7) is 3.37. The van der Waals surface area contributed by atoms with E-state index in [1.807, 2.05) is 30.3 Å². The lowest BCUT2D eigenvalue weighted by Crippen LogP contribution is -2.53. The topological polar surface area (TPSA) is 110 Å². The zero-order valence-corrected chi connectivity index (χ0v) is 14.8. The molecule has 0 fully saturated rings. The molecule has 0 aliphatic carbocycles. The van der Waals surface area contributed by atoms with Crippen LogP contribution in [0.3, 0.4) is 0 Å².